The van der Waals surface area contributed by atoms with Crippen molar-refractivity contribution in [3.8, 4) is 5.75 Å². The summed E-state index contributed by atoms with van der Waals surface area (Å²) in [6.45, 7) is 11.5. The summed E-state index contributed by atoms with van der Waals surface area (Å²) in [4.78, 5) is 29.1. The smallest absolute Gasteiger partial charge is 0.271 e. The highest BCUT2D eigenvalue weighted by Gasteiger charge is 2.47. The van der Waals surface area contributed by atoms with Crippen LogP contribution < -0.4 is 10.1 Å². The van der Waals surface area contributed by atoms with Gasteiger partial charge >= 0.3 is 0 Å². The maximum absolute atomic E-state index is 13.8. The molecule has 1 N–H and O–H groups in total. The molecular formula is C28H35N3O3. The van der Waals surface area contributed by atoms with Crippen LogP contribution in [0.5, 0.6) is 5.75 Å². The standard InChI is InChI=1S/C28H35N3O3/c1-19(2)14-15-29-27(33)28(5)18-30-24-9-7-6-8-22(24)16-25(30)26(32)31(28)17-21-10-12-23(13-11-21)34-20(3)4/h6-13,16,19-20H,14-15,17-18H2,1-5H3,(H,29,33)/t28-/m1/s1. The highest BCUT2D eigenvalue weighted by molar-refractivity contribution is 6.03. The zero-order chi connectivity index (χ0) is 24.5. The van der Waals surface area contributed by atoms with Gasteiger partial charge in [-0.2, -0.15) is 0 Å². The quantitative estimate of drug-likeness (QED) is 0.513. The summed E-state index contributed by atoms with van der Waals surface area (Å²) < 4.78 is 7.75. The van der Waals surface area contributed by atoms with Gasteiger partial charge in [-0.1, -0.05) is 44.2 Å². The monoisotopic (exact) mass is 461 g/mol. The number of aromatic nitrogens is 1. The van der Waals surface area contributed by atoms with Crippen LogP contribution in [0.3, 0.4) is 0 Å². The number of hydrogen-bond acceptors (Lipinski definition) is 3. The fourth-order valence-electron chi connectivity index (χ4n) is 4.55. The summed E-state index contributed by atoms with van der Waals surface area (Å²) in [5, 5.41) is 4.10. The lowest BCUT2D eigenvalue weighted by molar-refractivity contribution is -0.133. The van der Waals surface area contributed by atoms with Crippen molar-refractivity contribution in [2.45, 2.75) is 65.8 Å². The Hall–Kier alpha value is -3.28. The highest BCUT2D eigenvalue weighted by atomic mass is 16.5. The topological polar surface area (TPSA) is 63.6 Å². The molecule has 0 radical (unpaired) electrons. The van der Waals surface area contributed by atoms with Gasteiger partial charge < -0.3 is 19.5 Å². The molecule has 180 valence electrons. The molecule has 1 aliphatic rings. The summed E-state index contributed by atoms with van der Waals surface area (Å²) >= 11 is 0. The molecule has 0 bridgehead atoms. The molecule has 1 aliphatic heterocycles. The van der Waals surface area contributed by atoms with E-state index in [-0.39, 0.29) is 17.9 Å². The second kappa shape index (κ2) is 9.53. The molecule has 0 spiro atoms. The molecule has 6 nitrogen and oxygen atoms in total. The molecule has 34 heavy (non-hydrogen) atoms. The van der Waals surface area contributed by atoms with E-state index in [1.165, 1.54) is 0 Å². The Morgan fingerprint density at radius 2 is 1.79 bits per heavy atom. The van der Waals surface area contributed by atoms with Crippen molar-refractivity contribution in [1.82, 2.24) is 14.8 Å². The second-order valence-electron chi connectivity index (χ2n) is 10.1. The molecule has 3 aromatic rings. The summed E-state index contributed by atoms with van der Waals surface area (Å²) in [6, 6.07) is 17.6. The predicted octanol–water partition coefficient (Wildman–Crippen LogP) is 5.01. The number of amides is 2. The molecule has 0 saturated heterocycles. The predicted molar refractivity (Wildman–Crippen MR) is 135 cm³/mol. The van der Waals surface area contributed by atoms with E-state index in [2.05, 4.69) is 19.2 Å². The molecule has 1 atom stereocenters. The van der Waals surface area contributed by atoms with E-state index in [9.17, 15) is 9.59 Å². The van der Waals surface area contributed by atoms with Gasteiger partial charge in [0.25, 0.3) is 5.91 Å². The Bertz CT molecular complexity index is 1180. The van der Waals surface area contributed by atoms with Crippen LogP contribution in [0.1, 0.15) is 57.1 Å². The molecule has 2 amide bonds. The number of fused-ring (bicyclic) bond motifs is 3. The van der Waals surface area contributed by atoms with Gasteiger partial charge in [0.05, 0.1) is 12.6 Å². The third-order valence-electron chi connectivity index (χ3n) is 6.47. The van der Waals surface area contributed by atoms with Crippen molar-refractivity contribution in [3.05, 3.63) is 65.9 Å². The minimum atomic E-state index is -1.02. The lowest BCUT2D eigenvalue weighted by Crippen LogP contribution is -2.63. The van der Waals surface area contributed by atoms with E-state index in [1.54, 1.807) is 4.90 Å². The second-order valence-corrected chi connectivity index (χ2v) is 10.1. The molecule has 0 fully saturated rings. The molecule has 2 heterocycles. The van der Waals surface area contributed by atoms with Crippen molar-refractivity contribution in [2.75, 3.05) is 6.54 Å². The van der Waals surface area contributed by atoms with Crippen molar-refractivity contribution in [1.29, 1.82) is 0 Å². The van der Waals surface area contributed by atoms with Crippen molar-refractivity contribution >= 4 is 22.7 Å². The zero-order valence-corrected chi connectivity index (χ0v) is 20.8. The number of hydrogen-bond donors (Lipinski definition) is 1. The third kappa shape index (κ3) is 4.67. The van der Waals surface area contributed by atoms with Crippen LogP contribution >= 0.6 is 0 Å². The highest BCUT2D eigenvalue weighted by Crippen LogP contribution is 2.33. The van der Waals surface area contributed by atoms with Gasteiger partial charge in [-0.3, -0.25) is 9.59 Å². The van der Waals surface area contributed by atoms with Gasteiger partial charge in [0.1, 0.15) is 17.0 Å². The number of nitrogens with one attached hydrogen (secondary N) is 1. The number of carbonyl (C=O) groups is 2. The van der Waals surface area contributed by atoms with E-state index in [4.69, 9.17) is 4.74 Å². The van der Waals surface area contributed by atoms with Gasteiger partial charge in [-0.15, -0.1) is 0 Å². The molecule has 0 aliphatic carbocycles. The van der Waals surface area contributed by atoms with Crippen LogP contribution in [0.4, 0.5) is 0 Å². The SMILES string of the molecule is CC(C)CCNC(=O)[C@@]1(C)Cn2c(cc3ccccc32)C(=O)N1Cc1ccc(OC(C)C)cc1. The van der Waals surface area contributed by atoms with E-state index < -0.39 is 5.54 Å². The summed E-state index contributed by atoms with van der Waals surface area (Å²) in [7, 11) is 0. The number of nitrogens with zero attached hydrogens (tertiary/aromatic N) is 2. The molecule has 0 unspecified atom stereocenters. The Kier molecular flexibility index (Phi) is 6.69. The molecule has 6 heteroatoms. The van der Waals surface area contributed by atoms with Crippen molar-refractivity contribution in [2.24, 2.45) is 5.92 Å². The first-order valence-corrected chi connectivity index (χ1v) is 12.1. The maximum atomic E-state index is 13.8. The minimum absolute atomic E-state index is 0.0919. The maximum Gasteiger partial charge on any atom is 0.271 e. The van der Waals surface area contributed by atoms with Gasteiger partial charge in [0, 0.05) is 24.0 Å². The minimum Gasteiger partial charge on any atom is -0.491 e. The van der Waals surface area contributed by atoms with E-state index in [0.717, 1.165) is 28.6 Å². The number of carbonyl (C=O) groups excluding carboxylic acids is 2. The van der Waals surface area contributed by atoms with Crippen LogP contribution in [0, 0.1) is 5.92 Å². The molecule has 4 rings (SSSR count). The Labute approximate surface area is 201 Å². The van der Waals surface area contributed by atoms with E-state index >= 15 is 0 Å². The van der Waals surface area contributed by atoms with Crippen LogP contribution in [0.25, 0.3) is 10.9 Å². The molecule has 1 aromatic heterocycles. The Balaban J connectivity index is 1.68. The molecule has 0 saturated carbocycles. The summed E-state index contributed by atoms with van der Waals surface area (Å²) in [5.41, 5.74) is 1.53. The normalized spacial score (nSPS) is 18.0. The Morgan fingerprint density at radius 3 is 2.47 bits per heavy atom. The van der Waals surface area contributed by atoms with Crippen molar-refractivity contribution < 1.29 is 14.3 Å². The first-order chi connectivity index (χ1) is 16.2. The van der Waals surface area contributed by atoms with Gasteiger partial charge in [-0.25, -0.2) is 0 Å². The van der Waals surface area contributed by atoms with Gasteiger partial charge in [0.2, 0.25) is 5.91 Å². The van der Waals surface area contributed by atoms with Crippen molar-refractivity contribution in [3.63, 3.8) is 0 Å². The van der Waals surface area contributed by atoms with Crippen LogP contribution in [-0.4, -0.2) is 39.5 Å². The average Bonchev–Trinajstić information content (AvgIpc) is 3.15. The van der Waals surface area contributed by atoms with Crippen LogP contribution in [-0.2, 0) is 17.9 Å². The number of benzene rings is 2. The number of ether oxygens (including phenoxy) is 1. The number of rotatable bonds is 8. The lowest BCUT2D eigenvalue weighted by Gasteiger charge is -2.44. The first kappa shape index (κ1) is 23.9. The fourth-order valence-corrected chi connectivity index (χ4v) is 4.55. The average molecular weight is 462 g/mol. The zero-order valence-electron chi connectivity index (χ0n) is 20.8. The van der Waals surface area contributed by atoms with Gasteiger partial charge in [-0.05, 0) is 62.9 Å². The van der Waals surface area contributed by atoms with Crippen LogP contribution in [0.2, 0.25) is 0 Å². The molecule has 2 aromatic carbocycles. The van der Waals surface area contributed by atoms with Gasteiger partial charge in [0.15, 0.2) is 0 Å². The Morgan fingerprint density at radius 1 is 1.09 bits per heavy atom. The van der Waals surface area contributed by atoms with E-state index in [0.29, 0.717) is 31.2 Å². The van der Waals surface area contributed by atoms with Crippen LogP contribution in [0.15, 0.2) is 54.6 Å². The van der Waals surface area contributed by atoms with E-state index in [1.807, 2.05) is 79.9 Å². The summed E-state index contributed by atoms with van der Waals surface area (Å²) in [6.07, 6.45) is 0.986. The lowest BCUT2D eigenvalue weighted by atomic mass is 9.93. The largest absolute Gasteiger partial charge is 0.491 e. The number of para-hydroxylation sites is 1. The summed E-state index contributed by atoms with van der Waals surface area (Å²) in [5.74, 6) is 1.03. The fraction of sp³-hybridized carbons (Fsp3) is 0.429. The first-order valence-electron chi connectivity index (χ1n) is 12.1. The third-order valence-corrected chi connectivity index (χ3v) is 6.47. The molecular weight excluding hydrogens is 426 g/mol.